The van der Waals surface area contributed by atoms with E-state index in [1.54, 1.807) is 12.5 Å². The normalized spacial score (nSPS) is 6.45. The molecular formula is C8H17N2Y-. The quantitative estimate of drug-likeness (QED) is 0.677. The van der Waals surface area contributed by atoms with Gasteiger partial charge in [-0.05, 0) is 6.92 Å². The molecule has 0 saturated heterocycles. The van der Waals surface area contributed by atoms with Gasteiger partial charge < -0.3 is 12.0 Å². The van der Waals surface area contributed by atoms with E-state index in [2.05, 4.69) is 11.9 Å². The molecule has 0 unspecified atom stereocenters. The zero-order valence-electron chi connectivity index (χ0n) is 7.91. The second-order valence-electron chi connectivity index (χ2n) is 1.39. The number of hydrogen-bond donors (Lipinski definition) is 0. The molecule has 0 aliphatic rings. The van der Waals surface area contributed by atoms with E-state index in [1.807, 2.05) is 24.6 Å². The summed E-state index contributed by atoms with van der Waals surface area (Å²) in [5.74, 6) is 0. The van der Waals surface area contributed by atoms with Crippen LogP contribution in [0.2, 0.25) is 0 Å². The molecular weight excluding hydrogens is 213 g/mol. The van der Waals surface area contributed by atoms with Crippen LogP contribution >= 0.6 is 0 Å². The third-order valence-corrected chi connectivity index (χ3v) is 0.924. The predicted molar refractivity (Wildman–Crippen MR) is 45.7 cm³/mol. The van der Waals surface area contributed by atoms with Crippen LogP contribution < -0.4 is 0 Å². The predicted octanol–water partition coefficient (Wildman–Crippen LogP) is 2.38. The van der Waals surface area contributed by atoms with Crippen LogP contribution in [0.15, 0.2) is 18.7 Å². The monoisotopic (exact) mass is 230 g/mol. The topological polar surface area (TPSA) is 17.8 Å². The maximum absolute atomic E-state index is 3.86. The molecule has 3 heteroatoms. The minimum atomic E-state index is 0. The fraction of sp³-hybridized carbons (Fsp3) is 0.500. The van der Waals surface area contributed by atoms with Gasteiger partial charge in [-0.3, -0.25) is 0 Å². The number of aryl methyl sites for hydroxylation is 1. The van der Waals surface area contributed by atoms with Gasteiger partial charge in [0.25, 0.3) is 0 Å². The van der Waals surface area contributed by atoms with Gasteiger partial charge in [0.2, 0.25) is 0 Å². The van der Waals surface area contributed by atoms with Crippen LogP contribution in [0, 0.1) is 7.43 Å². The maximum atomic E-state index is 3.86. The molecule has 11 heavy (non-hydrogen) atoms. The Kier molecular flexibility index (Phi) is 20.5. The van der Waals surface area contributed by atoms with Gasteiger partial charge in [0, 0.05) is 51.6 Å². The summed E-state index contributed by atoms with van der Waals surface area (Å²) in [6.07, 6.45) is 5.53. The molecule has 1 heterocycles. The summed E-state index contributed by atoms with van der Waals surface area (Å²) in [5, 5.41) is 0. The third-order valence-electron chi connectivity index (χ3n) is 0.924. The molecule has 1 radical (unpaired) electrons. The maximum Gasteiger partial charge on any atom is 0.0945 e. The van der Waals surface area contributed by atoms with Crippen molar-refractivity contribution in [3.05, 3.63) is 26.1 Å². The van der Waals surface area contributed by atoms with Gasteiger partial charge in [0.05, 0.1) is 6.33 Å². The van der Waals surface area contributed by atoms with Crippen molar-refractivity contribution in [2.45, 2.75) is 27.3 Å². The summed E-state index contributed by atoms with van der Waals surface area (Å²) in [5.41, 5.74) is 0. The van der Waals surface area contributed by atoms with Crippen LogP contribution in [0.25, 0.3) is 0 Å². The van der Waals surface area contributed by atoms with Gasteiger partial charge in [0.15, 0.2) is 0 Å². The standard InChI is InChI=1S/C5H8N2.C2H6.CH3.Y/c1-2-7-4-3-6-5-7;1-2;;/h3-5H,2H2,1H3;1-2H3;1H3;/q;;-1;. The van der Waals surface area contributed by atoms with Gasteiger partial charge in [-0.15, -0.1) is 0 Å². The minimum Gasteiger partial charge on any atom is -0.358 e. The number of rotatable bonds is 1. The van der Waals surface area contributed by atoms with Gasteiger partial charge in [-0.1, -0.05) is 13.8 Å². The molecule has 0 bridgehead atoms. The molecule has 0 aromatic carbocycles. The number of hydrogen-bond acceptors (Lipinski definition) is 1. The van der Waals surface area contributed by atoms with Crippen molar-refractivity contribution in [2.24, 2.45) is 0 Å². The van der Waals surface area contributed by atoms with Crippen LogP contribution in [0.5, 0.6) is 0 Å². The average Bonchev–Trinajstić information content (AvgIpc) is 2.43. The van der Waals surface area contributed by atoms with E-state index in [0.717, 1.165) is 6.54 Å². The van der Waals surface area contributed by atoms with Crippen LogP contribution in [-0.2, 0) is 39.3 Å². The second-order valence-corrected chi connectivity index (χ2v) is 1.39. The first-order chi connectivity index (χ1) is 4.43. The fourth-order valence-electron chi connectivity index (χ4n) is 0.474. The van der Waals surface area contributed by atoms with Crippen molar-refractivity contribution < 1.29 is 32.7 Å². The van der Waals surface area contributed by atoms with Crippen LogP contribution in [0.1, 0.15) is 20.8 Å². The first kappa shape index (κ1) is 17.4. The summed E-state index contributed by atoms with van der Waals surface area (Å²) in [4.78, 5) is 3.86. The SMILES string of the molecule is CC.CCn1ccnc1.[CH3-].[Y]. The number of nitrogens with zero attached hydrogens (tertiary/aromatic N) is 2. The number of aromatic nitrogens is 2. The second kappa shape index (κ2) is 12.9. The molecule has 0 spiro atoms. The van der Waals surface area contributed by atoms with E-state index in [4.69, 9.17) is 0 Å². The van der Waals surface area contributed by atoms with Crippen LogP contribution in [0.4, 0.5) is 0 Å². The van der Waals surface area contributed by atoms with Gasteiger partial charge in [-0.2, -0.15) is 0 Å². The van der Waals surface area contributed by atoms with Gasteiger partial charge in [-0.25, -0.2) is 4.98 Å². The molecule has 0 N–H and O–H groups in total. The summed E-state index contributed by atoms with van der Waals surface area (Å²) in [7, 11) is 0. The summed E-state index contributed by atoms with van der Waals surface area (Å²) in [6.45, 7) is 7.10. The Hall–Kier alpha value is 0.314. The van der Waals surface area contributed by atoms with Crippen molar-refractivity contribution in [2.75, 3.05) is 0 Å². The van der Waals surface area contributed by atoms with E-state index in [-0.39, 0.29) is 40.1 Å². The Balaban J connectivity index is -0.000000149. The third kappa shape index (κ3) is 8.22. The Bertz CT molecular complexity index is 127. The molecule has 0 atom stereocenters. The molecule has 0 saturated carbocycles. The van der Waals surface area contributed by atoms with Gasteiger partial charge in [0.1, 0.15) is 0 Å². The Morgan fingerprint density at radius 1 is 1.36 bits per heavy atom. The van der Waals surface area contributed by atoms with Crippen molar-refractivity contribution in [3.63, 3.8) is 0 Å². The molecule has 1 aromatic rings. The van der Waals surface area contributed by atoms with Crippen molar-refractivity contribution in [1.82, 2.24) is 9.55 Å². The number of imidazole rings is 1. The average molecular weight is 230 g/mol. The molecule has 0 fully saturated rings. The van der Waals surface area contributed by atoms with Crippen LogP contribution in [-0.4, -0.2) is 9.55 Å². The summed E-state index contributed by atoms with van der Waals surface area (Å²) in [6, 6.07) is 0. The Labute approximate surface area is 95.3 Å². The molecule has 63 valence electrons. The van der Waals surface area contributed by atoms with Crippen LogP contribution in [0.3, 0.4) is 0 Å². The molecule has 1 rings (SSSR count). The van der Waals surface area contributed by atoms with E-state index < -0.39 is 0 Å². The molecule has 1 aromatic heterocycles. The fourth-order valence-corrected chi connectivity index (χ4v) is 0.474. The minimum absolute atomic E-state index is 0. The zero-order valence-corrected chi connectivity index (χ0v) is 10.7. The zero-order chi connectivity index (χ0) is 7.11. The van der Waals surface area contributed by atoms with Crippen molar-refractivity contribution >= 4 is 0 Å². The van der Waals surface area contributed by atoms with E-state index >= 15 is 0 Å². The van der Waals surface area contributed by atoms with Crippen molar-refractivity contribution in [1.29, 1.82) is 0 Å². The first-order valence-corrected chi connectivity index (χ1v) is 3.39. The molecule has 2 nitrogen and oxygen atoms in total. The Morgan fingerprint density at radius 2 is 1.91 bits per heavy atom. The molecule has 0 aliphatic carbocycles. The summed E-state index contributed by atoms with van der Waals surface area (Å²) < 4.78 is 2.01. The summed E-state index contributed by atoms with van der Waals surface area (Å²) >= 11 is 0. The molecule has 0 aliphatic heterocycles. The smallest absolute Gasteiger partial charge is 0.0945 e. The first-order valence-electron chi connectivity index (χ1n) is 3.39. The largest absolute Gasteiger partial charge is 0.358 e. The molecule has 0 amide bonds. The Morgan fingerprint density at radius 3 is 2.09 bits per heavy atom. The van der Waals surface area contributed by atoms with E-state index in [0.29, 0.717) is 0 Å². The van der Waals surface area contributed by atoms with E-state index in [1.165, 1.54) is 0 Å². The van der Waals surface area contributed by atoms with E-state index in [9.17, 15) is 0 Å². The van der Waals surface area contributed by atoms with Crippen molar-refractivity contribution in [3.8, 4) is 0 Å². The van der Waals surface area contributed by atoms with Gasteiger partial charge >= 0.3 is 0 Å².